The fraction of sp³-hybridized carbons (Fsp3) is 0.333. The zero-order valence-electron chi connectivity index (χ0n) is 7.33. The van der Waals surface area contributed by atoms with E-state index in [9.17, 15) is 5.11 Å². The first kappa shape index (κ1) is 10.6. The summed E-state index contributed by atoms with van der Waals surface area (Å²) in [6.45, 7) is -0.539. The molecule has 2 unspecified atom stereocenters. The summed E-state index contributed by atoms with van der Waals surface area (Å²) in [6.07, 6.45) is -1.19. The number of hydrogen-bond acceptors (Lipinski definition) is 5. The Morgan fingerprint density at radius 3 is 2.57 bits per heavy atom. The van der Waals surface area contributed by atoms with E-state index < -0.39 is 18.8 Å². The first-order chi connectivity index (χ1) is 6.69. The van der Waals surface area contributed by atoms with Crippen molar-refractivity contribution in [2.24, 2.45) is 0 Å². The van der Waals surface area contributed by atoms with Gasteiger partial charge in [-0.1, -0.05) is 0 Å². The number of nitriles is 1. The number of aliphatic hydroxyl groups excluding tert-OH is 3. The molecule has 5 nitrogen and oxygen atoms in total. The van der Waals surface area contributed by atoms with Gasteiger partial charge in [-0.3, -0.25) is 4.98 Å². The third-order valence-corrected chi connectivity index (χ3v) is 1.77. The normalized spacial score (nSPS) is 14.4. The lowest BCUT2D eigenvalue weighted by atomic mass is 10.1. The highest BCUT2D eigenvalue weighted by Crippen LogP contribution is 2.14. The molecule has 0 spiro atoms. The van der Waals surface area contributed by atoms with Gasteiger partial charge < -0.3 is 15.3 Å². The van der Waals surface area contributed by atoms with Gasteiger partial charge in [0.25, 0.3) is 0 Å². The summed E-state index contributed by atoms with van der Waals surface area (Å²) in [5.74, 6) is 0. The molecule has 0 amide bonds. The third kappa shape index (κ3) is 2.26. The van der Waals surface area contributed by atoms with Crippen LogP contribution in [-0.2, 0) is 0 Å². The van der Waals surface area contributed by atoms with E-state index in [0.29, 0.717) is 5.56 Å². The molecule has 1 rings (SSSR count). The molecule has 0 saturated carbocycles. The van der Waals surface area contributed by atoms with Gasteiger partial charge in [0.15, 0.2) is 0 Å². The molecule has 2 atom stereocenters. The summed E-state index contributed by atoms with van der Waals surface area (Å²) in [6, 6.07) is 4.79. The van der Waals surface area contributed by atoms with Crippen LogP contribution in [0.3, 0.4) is 0 Å². The number of pyridine rings is 1. The minimum Gasteiger partial charge on any atom is -0.394 e. The minimum atomic E-state index is -1.25. The fourth-order valence-electron chi connectivity index (χ4n) is 0.943. The van der Waals surface area contributed by atoms with Crippen LogP contribution in [0.25, 0.3) is 0 Å². The van der Waals surface area contributed by atoms with Crippen LogP contribution in [0, 0.1) is 11.3 Å². The van der Waals surface area contributed by atoms with E-state index in [1.54, 1.807) is 0 Å². The molecule has 0 aromatic carbocycles. The van der Waals surface area contributed by atoms with Gasteiger partial charge in [0.05, 0.1) is 17.9 Å². The van der Waals surface area contributed by atoms with E-state index in [1.165, 1.54) is 18.3 Å². The Hall–Kier alpha value is -1.48. The maximum absolute atomic E-state index is 9.40. The summed E-state index contributed by atoms with van der Waals surface area (Å²) < 4.78 is 0. The second-order valence-corrected chi connectivity index (χ2v) is 2.78. The molecular formula is C9H10N2O3. The average Bonchev–Trinajstić information content (AvgIpc) is 2.27. The van der Waals surface area contributed by atoms with E-state index in [4.69, 9.17) is 15.5 Å². The lowest BCUT2D eigenvalue weighted by Gasteiger charge is -2.14. The molecule has 0 aliphatic heterocycles. The summed E-state index contributed by atoms with van der Waals surface area (Å²) in [7, 11) is 0. The third-order valence-electron chi connectivity index (χ3n) is 1.77. The Bertz CT molecular complexity index is 331. The molecule has 0 aliphatic rings. The molecule has 0 saturated heterocycles. The van der Waals surface area contributed by atoms with Crippen molar-refractivity contribution in [1.29, 1.82) is 5.26 Å². The Morgan fingerprint density at radius 2 is 2.14 bits per heavy atom. The van der Waals surface area contributed by atoms with Crippen LogP contribution in [0.15, 0.2) is 18.3 Å². The minimum absolute atomic E-state index is 0.227. The van der Waals surface area contributed by atoms with Crippen LogP contribution >= 0.6 is 0 Å². The zero-order valence-corrected chi connectivity index (χ0v) is 7.33. The Labute approximate surface area is 80.9 Å². The van der Waals surface area contributed by atoms with Gasteiger partial charge in [-0.25, -0.2) is 0 Å². The van der Waals surface area contributed by atoms with E-state index >= 15 is 0 Å². The molecule has 0 fully saturated rings. The van der Waals surface area contributed by atoms with E-state index in [0.717, 1.165) is 0 Å². The van der Waals surface area contributed by atoms with Gasteiger partial charge in [-0.2, -0.15) is 5.26 Å². The lowest BCUT2D eigenvalue weighted by Crippen LogP contribution is -2.22. The van der Waals surface area contributed by atoms with Crippen molar-refractivity contribution >= 4 is 0 Å². The Kier molecular flexibility index (Phi) is 3.54. The van der Waals surface area contributed by atoms with Crippen LogP contribution in [0.1, 0.15) is 17.4 Å². The second kappa shape index (κ2) is 4.67. The highest BCUT2D eigenvalue weighted by atomic mass is 16.4. The molecule has 74 valence electrons. The number of hydrogen-bond donors (Lipinski definition) is 3. The number of aliphatic hydroxyl groups is 3. The van der Waals surface area contributed by atoms with Gasteiger partial charge in [-0.15, -0.1) is 0 Å². The monoisotopic (exact) mass is 194 g/mol. The van der Waals surface area contributed by atoms with Gasteiger partial charge in [0.2, 0.25) is 0 Å². The van der Waals surface area contributed by atoms with Crippen molar-refractivity contribution in [2.75, 3.05) is 6.61 Å². The van der Waals surface area contributed by atoms with Crippen LogP contribution in [0.5, 0.6) is 0 Å². The van der Waals surface area contributed by atoms with Gasteiger partial charge >= 0.3 is 0 Å². The predicted molar refractivity (Wildman–Crippen MR) is 47.0 cm³/mol. The molecule has 5 heteroatoms. The molecule has 3 N–H and O–H groups in total. The summed E-state index contributed by atoms with van der Waals surface area (Å²) in [5.41, 5.74) is 0.602. The number of nitrogens with zero attached hydrogens (tertiary/aromatic N) is 2. The smallest absolute Gasteiger partial charge is 0.124 e. The van der Waals surface area contributed by atoms with E-state index in [1.807, 2.05) is 6.07 Å². The second-order valence-electron chi connectivity index (χ2n) is 2.78. The van der Waals surface area contributed by atoms with E-state index in [-0.39, 0.29) is 5.69 Å². The summed E-state index contributed by atoms with van der Waals surface area (Å²) >= 11 is 0. The first-order valence-electron chi connectivity index (χ1n) is 4.02. The SMILES string of the molecule is N#Cc1ccc(C(O)C(O)CO)nc1. The fourth-order valence-corrected chi connectivity index (χ4v) is 0.943. The number of aromatic nitrogens is 1. The van der Waals surface area contributed by atoms with Crippen LogP contribution < -0.4 is 0 Å². The van der Waals surface area contributed by atoms with Crippen LogP contribution in [0.2, 0.25) is 0 Å². The highest BCUT2D eigenvalue weighted by Gasteiger charge is 2.18. The molecular weight excluding hydrogens is 184 g/mol. The number of rotatable bonds is 3. The summed E-state index contributed by atoms with van der Waals surface area (Å²) in [5, 5.41) is 35.6. The van der Waals surface area contributed by atoms with Crippen molar-refractivity contribution in [1.82, 2.24) is 4.98 Å². The largest absolute Gasteiger partial charge is 0.394 e. The molecule has 1 aromatic rings. The van der Waals surface area contributed by atoms with Crippen LogP contribution in [0.4, 0.5) is 0 Å². The molecule has 0 aliphatic carbocycles. The van der Waals surface area contributed by atoms with Crippen molar-refractivity contribution in [3.63, 3.8) is 0 Å². The highest BCUT2D eigenvalue weighted by molar-refractivity contribution is 5.27. The molecule has 0 bridgehead atoms. The Morgan fingerprint density at radius 1 is 1.43 bits per heavy atom. The van der Waals surface area contributed by atoms with Gasteiger partial charge in [0, 0.05) is 6.20 Å². The first-order valence-corrected chi connectivity index (χ1v) is 4.02. The topological polar surface area (TPSA) is 97.4 Å². The van der Waals surface area contributed by atoms with Crippen molar-refractivity contribution in [3.8, 4) is 6.07 Å². The van der Waals surface area contributed by atoms with Gasteiger partial charge in [-0.05, 0) is 12.1 Å². The van der Waals surface area contributed by atoms with Crippen molar-refractivity contribution in [3.05, 3.63) is 29.6 Å². The quantitative estimate of drug-likeness (QED) is 0.593. The molecule has 1 aromatic heterocycles. The summed E-state index contributed by atoms with van der Waals surface area (Å²) in [4.78, 5) is 3.77. The van der Waals surface area contributed by atoms with Gasteiger partial charge in [0.1, 0.15) is 18.3 Å². The Balaban J connectivity index is 2.82. The zero-order chi connectivity index (χ0) is 10.6. The molecule has 1 heterocycles. The van der Waals surface area contributed by atoms with Crippen LogP contribution in [-0.4, -0.2) is 33.0 Å². The predicted octanol–water partition coefficient (Wildman–Crippen LogP) is -0.660. The standard InChI is InChI=1S/C9H10N2O3/c10-3-6-1-2-7(11-4-6)9(14)8(13)5-12/h1-2,4,8-9,12-14H,5H2. The van der Waals surface area contributed by atoms with Crippen molar-refractivity contribution < 1.29 is 15.3 Å². The molecule has 14 heavy (non-hydrogen) atoms. The maximum Gasteiger partial charge on any atom is 0.124 e. The van der Waals surface area contributed by atoms with E-state index in [2.05, 4.69) is 4.98 Å². The molecule has 0 radical (unpaired) electrons. The lowest BCUT2D eigenvalue weighted by molar-refractivity contribution is -0.0172. The van der Waals surface area contributed by atoms with Crippen molar-refractivity contribution in [2.45, 2.75) is 12.2 Å². The maximum atomic E-state index is 9.40. The average molecular weight is 194 g/mol.